The zero-order valence-electron chi connectivity index (χ0n) is 7.49. The minimum Gasteiger partial charge on any atom is -0.390 e. The van der Waals surface area contributed by atoms with Gasteiger partial charge >= 0.3 is 0 Å². The van der Waals surface area contributed by atoms with Gasteiger partial charge in [-0.15, -0.1) is 17.2 Å². The fourth-order valence-electron chi connectivity index (χ4n) is 0.916. The van der Waals surface area contributed by atoms with Gasteiger partial charge in [-0.05, 0) is 25.7 Å². The van der Waals surface area contributed by atoms with E-state index in [9.17, 15) is 15.3 Å². The molecule has 0 aliphatic rings. The van der Waals surface area contributed by atoms with Gasteiger partial charge < -0.3 is 15.3 Å². The Morgan fingerprint density at radius 2 is 1.25 bits per heavy atom. The van der Waals surface area contributed by atoms with Crippen molar-refractivity contribution in [2.75, 3.05) is 25.7 Å². The van der Waals surface area contributed by atoms with Crippen LogP contribution in [0, 0.1) is 0 Å². The van der Waals surface area contributed by atoms with Gasteiger partial charge in [-0.2, -0.15) is 0 Å². The second kappa shape index (κ2) is 7.17. The first-order valence-electron chi connectivity index (χ1n) is 3.96. The first-order chi connectivity index (χ1) is 5.63. The second-order valence-electron chi connectivity index (χ2n) is 2.74. The predicted octanol–water partition coefficient (Wildman–Crippen LogP) is -0.314. The van der Waals surface area contributed by atoms with Crippen molar-refractivity contribution in [1.29, 1.82) is 0 Å². The molecule has 0 aromatic heterocycles. The van der Waals surface area contributed by atoms with Gasteiger partial charge in [0.25, 0.3) is 0 Å². The molecule has 0 aliphatic heterocycles. The van der Waals surface area contributed by atoms with E-state index in [4.69, 9.17) is 0 Å². The molecule has 3 nitrogen and oxygen atoms in total. The van der Waals surface area contributed by atoms with Crippen LogP contribution in [0.15, 0.2) is 0 Å². The Morgan fingerprint density at radius 3 is 1.50 bits per heavy atom. The Bertz CT molecular complexity index is 101. The third-order valence-corrected chi connectivity index (χ3v) is 3.27. The van der Waals surface area contributed by atoms with Gasteiger partial charge in [-0.25, -0.2) is 0 Å². The lowest BCUT2D eigenvalue weighted by Crippen LogP contribution is -2.39. The normalized spacial score (nSPS) is 20.8. The monoisotopic (exact) mass is 212 g/mol. The van der Waals surface area contributed by atoms with Gasteiger partial charge in [0.05, 0.1) is 12.2 Å². The molecule has 0 aromatic rings. The topological polar surface area (TPSA) is 60.7 Å². The maximum absolute atomic E-state index is 9.36. The molecule has 0 aromatic carbocycles. The van der Waals surface area contributed by atoms with E-state index in [0.717, 1.165) is 0 Å². The van der Waals surface area contributed by atoms with Gasteiger partial charge in [0.1, 0.15) is 6.10 Å². The largest absolute Gasteiger partial charge is 0.390 e. The highest BCUT2D eigenvalue weighted by molar-refractivity contribution is 7.37. The van der Waals surface area contributed by atoms with Crippen LogP contribution in [0.4, 0.5) is 0 Å². The summed E-state index contributed by atoms with van der Waals surface area (Å²) in [6, 6.07) is 0. The van der Waals surface area contributed by atoms with E-state index in [-0.39, 0.29) is 0 Å². The molecule has 5 heteroatoms. The summed E-state index contributed by atoms with van der Waals surface area (Å²) >= 11 is 0. The lowest BCUT2D eigenvalue weighted by molar-refractivity contribution is -0.0404. The van der Waals surface area contributed by atoms with E-state index in [2.05, 4.69) is 0 Å². The summed E-state index contributed by atoms with van der Waals surface area (Å²) in [7, 11) is 1.21. The Morgan fingerprint density at radius 1 is 0.917 bits per heavy atom. The first-order valence-corrected chi connectivity index (χ1v) is 7.38. The third-order valence-electron chi connectivity index (χ3n) is 1.61. The van der Waals surface area contributed by atoms with Gasteiger partial charge in [-0.1, -0.05) is 0 Å². The van der Waals surface area contributed by atoms with Crippen LogP contribution < -0.4 is 0 Å². The van der Waals surface area contributed by atoms with Crippen molar-refractivity contribution in [2.24, 2.45) is 0 Å². The number of rotatable bonds is 6. The molecule has 0 radical (unpaired) electrons. The number of hydrogen-bond acceptors (Lipinski definition) is 3. The highest BCUT2D eigenvalue weighted by Gasteiger charge is 2.22. The number of aliphatic hydroxyl groups is 3. The van der Waals surface area contributed by atoms with E-state index in [1.807, 2.05) is 13.3 Å². The third kappa shape index (κ3) is 4.69. The standard InChI is InChI=1S/C7H18O3P2/c1-11-3-5(8)7(10)6(9)4-12-2/h5-12H,3-4H2,1-2H3. The van der Waals surface area contributed by atoms with Crippen LogP contribution in [-0.4, -0.2) is 59.3 Å². The van der Waals surface area contributed by atoms with Crippen molar-refractivity contribution in [3.63, 3.8) is 0 Å². The second-order valence-corrected chi connectivity index (χ2v) is 4.97. The molecular formula is C7H18O3P2. The molecule has 4 unspecified atom stereocenters. The van der Waals surface area contributed by atoms with Crippen molar-refractivity contribution in [1.82, 2.24) is 0 Å². The van der Waals surface area contributed by atoms with Gasteiger partial charge in [0.2, 0.25) is 0 Å². The van der Waals surface area contributed by atoms with Crippen molar-refractivity contribution in [3.8, 4) is 0 Å². The molecule has 0 bridgehead atoms. The predicted molar refractivity (Wildman–Crippen MR) is 56.2 cm³/mol. The van der Waals surface area contributed by atoms with Gasteiger partial charge in [0.15, 0.2) is 0 Å². The van der Waals surface area contributed by atoms with E-state index in [1.54, 1.807) is 0 Å². The van der Waals surface area contributed by atoms with Crippen LogP contribution in [0.5, 0.6) is 0 Å². The quantitative estimate of drug-likeness (QED) is 0.529. The van der Waals surface area contributed by atoms with Crippen LogP contribution in [0.25, 0.3) is 0 Å². The van der Waals surface area contributed by atoms with E-state index in [0.29, 0.717) is 29.5 Å². The number of aliphatic hydroxyl groups excluding tert-OH is 3. The highest BCUT2D eigenvalue weighted by atomic mass is 31.1. The summed E-state index contributed by atoms with van der Waals surface area (Å²) in [6.45, 7) is 3.92. The zero-order valence-corrected chi connectivity index (χ0v) is 9.49. The van der Waals surface area contributed by atoms with Gasteiger partial charge in [-0.3, -0.25) is 0 Å². The van der Waals surface area contributed by atoms with E-state index >= 15 is 0 Å². The lowest BCUT2D eigenvalue weighted by atomic mass is 10.1. The van der Waals surface area contributed by atoms with Crippen LogP contribution in [0.1, 0.15) is 0 Å². The maximum Gasteiger partial charge on any atom is 0.106 e. The molecule has 0 spiro atoms. The fourth-order valence-corrected chi connectivity index (χ4v) is 2.24. The summed E-state index contributed by atoms with van der Waals surface area (Å²) < 4.78 is 0. The Kier molecular flexibility index (Phi) is 7.62. The Balaban J connectivity index is 3.73. The van der Waals surface area contributed by atoms with Gasteiger partial charge in [0, 0.05) is 0 Å². The molecule has 0 fully saturated rings. The summed E-state index contributed by atoms with van der Waals surface area (Å²) in [5, 5.41) is 28.0. The minimum atomic E-state index is -0.968. The first kappa shape index (κ1) is 12.7. The molecule has 0 amide bonds. The van der Waals surface area contributed by atoms with Crippen molar-refractivity contribution < 1.29 is 15.3 Å². The zero-order chi connectivity index (χ0) is 9.56. The summed E-state index contributed by atoms with van der Waals surface area (Å²) in [5.41, 5.74) is 0. The average Bonchev–Trinajstić information content (AvgIpc) is 2.04. The molecule has 12 heavy (non-hydrogen) atoms. The average molecular weight is 212 g/mol. The van der Waals surface area contributed by atoms with Crippen LogP contribution in [0.3, 0.4) is 0 Å². The van der Waals surface area contributed by atoms with E-state index in [1.165, 1.54) is 0 Å². The van der Waals surface area contributed by atoms with Crippen LogP contribution in [0.2, 0.25) is 0 Å². The molecule has 0 saturated heterocycles. The molecule has 74 valence electrons. The number of hydrogen-bond donors (Lipinski definition) is 3. The molecule has 3 N–H and O–H groups in total. The van der Waals surface area contributed by atoms with E-state index < -0.39 is 18.3 Å². The fraction of sp³-hybridized carbons (Fsp3) is 1.00. The SMILES string of the molecule is CPCC(O)C(O)C(O)CPC. The minimum absolute atomic E-state index is 0.574. The van der Waals surface area contributed by atoms with Crippen molar-refractivity contribution >= 4 is 17.2 Å². The summed E-state index contributed by atoms with van der Waals surface area (Å²) in [6.07, 6.45) is -1.35. The molecular weight excluding hydrogens is 194 g/mol. The Labute approximate surface area is 77.1 Å². The van der Waals surface area contributed by atoms with Crippen LogP contribution >= 0.6 is 17.2 Å². The maximum atomic E-state index is 9.36. The molecule has 0 heterocycles. The molecule has 0 saturated carbocycles. The molecule has 4 atom stereocenters. The molecule has 0 rings (SSSR count). The Hall–Kier alpha value is 0.740. The lowest BCUT2D eigenvalue weighted by Gasteiger charge is -2.21. The molecule has 0 aliphatic carbocycles. The van der Waals surface area contributed by atoms with Crippen molar-refractivity contribution in [2.45, 2.75) is 18.3 Å². The summed E-state index contributed by atoms with van der Waals surface area (Å²) in [5.74, 6) is 0. The highest BCUT2D eigenvalue weighted by Crippen LogP contribution is 2.14. The van der Waals surface area contributed by atoms with Crippen molar-refractivity contribution in [3.05, 3.63) is 0 Å². The summed E-state index contributed by atoms with van der Waals surface area (Å²) in [4.78, 5) is 0. The van der Waals surface area contributed by atoms with Crippen LogP contribution in [-0.2, 0) is 0 Å². The smallest absolute Gasteiger partial charge is 0.106 e.